The summed E-state index contributed by atoms with van der Waals surface area (Å²) in [4.78, 5) is 16.7. The third-order valence-corrected chi connectivity index (χ3v) is 3.18. The maximum absolute atomic E-state index is 10.2. The van der Waals surface area contributed by atoms with Crippen molar-refractivity contribution in [1.82, 2.24) is 9.88 Å². The minimum Gasteiger partial charge on any atom is -0.468 e. The smallest absolute Gasteiger partial charge is 0.293 e. The van der Waals surface area contributed by atoms with Gasteiger partial charge >= 0.3 is 0 Å². The number of pyridine rings is 1. The molecular formula is C12H16N2O2. The second kappa shape index (κ2) is 5.07. The molecule has 0 amide bonds. The van der Waals surface area contributed by atoms with Crippen LogP contribution in [0.3, 0.4) is 0 Å². The van der Waals surface area contributed by atoms with Crippen molar-refractivity contribution in [2.24, 2.45) is 5.92 Å². The van der Waals surface area contributed by atoms with Gasteiger partial charge in [0.25, 0.3) is 6.47 Å². The molecular weight excluding hydrogens is 204 g/mol. The molecule has 1 aliphatic heterocycles. The first-order chi connectivity index (χ1) is 7.83. The normalized spacial score (nSPS) is 25.6. The van der Waals surface area contributed by atoms with Crippen LogP contribution in [0.1, 0.15) is 18.0 Å². The summed E-state index contributed by atoms with van der Waals surface area (Å²) in [5, 5.41) is 0. The van der Waals surface area contributed by atoms with Gasteiger partial charge in [0.15, 0.2) is 0 Å². The van der Waals surface area contributed by atoms with Crippen LogP contribution in [-0.4, -0.2) is 36.6 Å². The van der Waals surface area contributed by atoms with Gasteiger partial charge in [-0.25, -0.2) is 0 Å². The predicted molar refractivity (Wildman–Crippen MR) is 59.7 cm³/mol. The topological polar surface area (TPSA) is 42.4 Å². The lowest BCUT2D eigenvalue weighted by atomic mass is 9.96. The van der Waals surface area contributed by atoms with E-state index in [0.29, 0.717) is 25.0 Å². The van der Waals surface area contributed by atoms with E-state index in [-0.39, 0.29) is 0 Å². The highest BCUT2D eigenvalue weighted by atomic mass is 16.5. The molecule has 0 saturated carbocycles. The zero-order chi connectivity index (χ0) is 11.4. The molecule has 0 bridgehead atoms. The fourth-order valence-corrected chi connectivity index (χ4v) is 2.44. The molecule has 0 aromatic carbocycles. The number of ether oxygens (including phenoxy) is 1. The number of carbonyl (C=O) groups is 1. The largest absolute Gasteiger partial charge is 0.468 e. The Morgan fingerprint density at radius 1 is 1.69 bits per heavy atom. The van der Waals surface area contributed by atoms with Gasteiger partial charge in [0.2, 0.25) is 0 Å². The van der Waals surface area contributed by atoms with E-state index in [9.17, 15) is 4.79 Å². The van der Waals surface area contributed by atoms with E-state index < -0.39 is 0 Å². The van der Waals surface area contributed by atoms with Gasteiger partial charge in [0.05, 0.1) is 6.61 Å². The van der Waals surface area contributed by atoms with Gasteiger partial charge in [-0.2, -0.15) is 0 Å². The maximum atomic E-state index is 10.2. The lowest BCUT2D eigenvalue weighted by molar-refractivity contribution is -0.130. The van der Waals surface area contributed by atoms with E-state index >= 15 is 0 Å². The molecule has 1 aromatic rings. The third-order valence-electron chi connectivity index (χ3n) is 3.18. The quantitative estimate of drug-likeness (QED) is 0.716. The fraction of sp³-hybridized carbons (Fsp3) is 0.500. The average Bonchev–Trinajstić information content (AvgIpc) is 2.69. The minimum atomic E-state index is 0.314. The van der Waals surface area contributed by atoms with Crippen LogP contribution < -0.4 is 0 Å². The first-order valence-electron chi connectivity index (χ1n) is 5.48. The molecule has 2 rings (SSSR count). The van der Waals surface area contributed by atoms with E-state index in [2.05, 4.69) is 23.0 Å². The van der Waals surface area contributed by atoms with Crippen LogP contribution >= 0.6 is 0 Å². The van der Waals surface area contributed by atoms with E-state index in [0.717, 1.165) is 13.0 Å². The molecule has 16 heavy (non-hydrogen) atoms. The summed E-state index contributed by atoms with van der Waals surface area (Å²) in [6, 6.07) is 4.33. The standard InChI is InChI=1S/C12H16N2O2/c1-14-6-4-11(8-16-9-15)12(14)10-3-2-5-13-7-10/h2-3,5,7,9,11-12H,4,6,8H2,1H3. The second-order valence-electron chi connectivity index (χ2n) is 4.19. The molecule has 1 saturated heterocycles. The van der Waals surface area contributed by atoms with Gasteiger partial charge in [-0.15, -0.1) is 0 Å². The highest BCUT2D eigenvalue weighted by Gasteiger charge is 2.33. The Kier molecular flexibility index (Phi) is 3.51. The van der Waals surface area contributed by atoms with Crippen molar-refractivity contribution in [3.63, 3.8) is 0 Å². The Morgan fingerprint density at radius 2 is 2.56 bits per heavy atom. The van der Waals surface area contributed by atoms with E-state index in [4.69, 9.17) is 4.74 Å². The fourth-order valence-electron chi connectivity index (χ4n) is 2.44. The lowest BCUT2D eigenvalue weighted by Gasteiger charge is -2.24. The van der Waals surface area contributed by atoms with Crippen molar-refractivity contribution < 1.29 is 9.53 Å². The lowest BCUT2D eigenvalue weighted by Crippen LogP contribution is -2.23. The maximum Gasteiger partial charge on any atom is 0.293 e. The molecule has 4 heteroatoms. The third kappa shape index (κ3) is 2.22. The number of aromatic nitrogens is 1. The monoisotopic (exact) mass is 220 g/mol. The van der Waals surface area contributed by atoms with Crippen molar-refractivity contribution in [3.8, 4) is 0 Å². The number of rotatable bonds is 4. The number of hydrogen-bond donors (Lipinski definition) is 0. The zero-order valence-electron chi connectivity index (χ0n) is 9.37. The average molecular weight is 220 g/mol. The molecule has 0 N–H and O–H groups in total. The summed E-state index contributed by atoms with van der Waals surface area (Å²) in [6.07, 6.45) is 4.72. The summed E-state index contributed by atoms with van der Waals surface area (Å²) in [7, 11) is 2.10. The van der Waals surface area contributed by atoms with Crippen molar-refractivity contribution in [2.45, 2.75) is 12.5 Å². The molecule has 0 radical (unpaired) electrons. The van der Waals surface area contributed by atoms with Gasteiger partial charge in [-0.3, -0.25) is 14.7 Å². The van der Waals surface area contributed by atoms with Gasteiger partial charge < -0.3 is 4.74 Å². The van der Waals surface area contributed by atoms with Gasteiger partial charge in [0, 0.05) is 24.4 Å². The molecule has 2 heterocycles. The molecule has 2 unspecified atom stereocenters. The zero-order valence-corrected chi connectivity index (χ0v) is 9.37. The first kappa shape index (κ1) is 11.1. The summed E-state index contributed by atoms with van der Waals surface area (Å²) < 4.78 is 4.89. The van der Waals surface area contributed by atoms with E-state index in [1.54, 1.807) is 6.20 Å². The summed E-state index contributed by atoms with van der Waals surface area (Å²) in [5.41, 5.74) is 1.20. The van der Waals surface area contributed by atoms with Gasteiger partial charge in [-0.1, -0.05) is 6.07 Å². The molecule has 86 valence electrons. The first-order valence-corrected chi connectivity index (χ1v) is 5.48. The number of hydrogen-bond acceptors (Lipinski definition) is 4. The van der Waals surface area contributed by atoms with Crippen molar-refractivity contribution in [3.05, 3.63) is 30.1 Å². The number of carbonyl (C=O) groups excluding carboxylic acids is 1. The Labute approximate surface area is 95.2 Å². The highest BCUT2D eigenvalue weighted by Crippen LogP contribution is 2.35. The summed E-state index contributed by atoms with van der Waals surface area (Å²) in [6.45, 7) is 2.05. The van der Waals surface area contributed by atoms with Gasteiger partial charge in [-0.05, 0) is 31.6 Å². The Morgan fingerprint density at radius 3 is 3.25 bits per heavy atom. The van der Waals surface area contributed by atoms with E-state index in [1.165, 1.54) is 5.56 Å². The molecule has 4 nitrogen and oxygen atoms in total. The Balaban J connectivity index is 2.13. The summed E-state index contributed by atoms with van der Waals surface area (Å²) >= 11 is 0. The van der Waals surface area contributed by atoms with Crippen LogP contribution in [0, 0.1) is 5.92 Å². The Hall–Kier alpha value is -1.42. The highest BCUT2D eigenvalue weighted by molar-refractivity contribution is 5.37. The molecule has 1 aromatic heterocycles. The van der Waals surface area contributed by atoms with Crippen LogP contribution in [-0.2, 0) is 9.53 Å². The Bertz CT molecular complexity index is 342. The van der Waals surface area contributed by atoms with Crippen molar-refractivity contribution >= 4 is 6.47 Å². The van der Waals surface area contributed by atoms with E-state index in [1.807, 2.05) is 12.3 Å². The summed E-state index contributed by atoms with van der Waals surface area (Å²) in [5.74, 6) is 0.374. The molecule has 0 aliphatic carbocycles. The van der Waals surface area contributed by atoms with Crippen LogP contribution in [0.15, 0.2) is 24.5 Å². The van der Waals surface area contributed by atoms with Crippen LogP contribution in [0.5, 0.6) is 0 Å². The number of nitrogens with zero attached hydrogens (tertiary/aromatic N) is 2. The molecule has 2 atom stereocenters. The predicted octanol–water partition coefficient (Wildman–Crippen LogP) is 1.25. The van der Waals surface area contributed by atoms with Gasteiger partial charge in [0.1, 0.15) is 0 Å². The molecule has 1 fully saturated rings. The SMILES string of the molecule is CN1CCC(COC=O)C1c1cccnc1. The van der Waals surface area contributed by atoms with Crippen molar-refractivity contribution in [2.75, 3.05) is 20.2 Å². The second-order valence-corrected chi connectivity index (χ2v) is 4.19. The van der Waals surface area contributed by atoms with Crippen LogP contribution in [0.25, 0.3) is 0 Å². The molecule has 1 aliphatic rings. The van der Waals surface area contributed by atoms with Crippen LogP contribution in [0.4, 0.5) is 0 Å². The number of likely N-dealkylation sites (tertiary alicyclic amines) is 1. The minimum absolute atomic E-state index is 0.314. The molecule has 0 spiro atoms. The van der Waals surface area contributed by atoms with Crippen LogP contribution in [0.2, 0.25) is 0 Å². The van der Waals surface area contributed by atoms with Crippen molar-refractivity contribution in [1.29, 1.82) is 0 Å².